The van der Waals surface area contributed by atoms with Crippen molar-refractivity contribution in [1.82, 2.24) is 0 Å². The van der Waals surface area contributed by atoms with Gasteiger partial charge in [-0.2, -0.15) is 0 Å². The van der Waals surface area contributed by atoms with E-state index < -0.39 is 11.7 Å². The average Bonchev–Trinajstić information content (AvgIpc) is 3.37. The predicted molar refractivity (Wildman–Crippen MR) is 119 cm³/mol. The summed E-state index contributed by atoms with van der Waals surface area (Å²) in [7, 11) is 0. The number of aliphatic hydroxyl groups excluding tert-OH is 3. The van der Waals surface area contributed by atoms with E-state index in [4.69, 9.17) is 4.74 Å². The largest absolute Gasteiger partial charge is 0.393 e. The van der Waals surface area contributed by atoms with E-state index in [1.165, 1.54) is 38.5 Å². The predicted octanol–water partition coefficient (Wildman–Crippen LogP) is 4.30. The van der Waals surface area contributed by atoms with Crippen LogP contribution in [0.2, 0.25) is 0 Å². The van der Waals surface area contributed by atoms with E-state index in [0.29, 0.717) is 28.6 Å². The van der Waals surface area contributed by atoms with Gasteiger partial charge in [0.25, 0.3) is 0 Å². The Labute approximate surface area is 188 Å². The Morgan fingerprint density at radius 2 is 1.48 bits per heavy atom. The number of hydrogen-bond donors (Lipinski definition) is 3. The lowest BCUT2D eigenvalue weighted by atomic mass is 9.41. The second-order valence-corrected chi connectivity index (χ2v) is 14.0. The molecule has 6 aliphatic rings. The molecule has 4 heteroatoms. The summed E-state index contributed by atoms with van der Waals surface area (Å²) >= 11 is 0. The van der Waals surface area contributed by atoms with Crippen LogP contribution in [0.1, 0.15) is 92.4 Å². The fraction of sp³-hybridized carbons (Fsp3) is 1.00. The van der Waals surface area contributed by atoms with Crippen molar-refractivity contribution in [1.29, 1.82) is 0 Å². The van der Waals surface area contributed by atoms with Gasteiger partial charge in [0.15, 0.2) is 0 Å². The van der Waals surface area contributed by atoms with Crippen molar-refractivity contribution < 1.29 is 20.1 Å². The van der Waals surface area contributed by atoms with E-state index >= 15 is 0 Å². The lowest BCUT2D eigenvalue weighted by Crippen LogP contribution is -2.59. The molecule has 0 aromatic heterocycles. The Morgan fingerprint density at radius 1 is 0.806 bits per heavy atom. The number of hydrogen-bond acceptors (Lipinski definition) is 4. The minimum absolute atomic E-state index is 0.00268. The van der Waals surface area contributed by atoms with Gasteiger partial charge in [0, 0.05) is 5.41 Å². The van der Waals surface area contributed by atoms with E-state index in [-0.39, 0.29) is 35.1 Å². The Bertz CT molecular complexity index is 796. The van der Waals surface area contributed by atoms with Gasteiger partial charge in [-0.05, 0) is 104 Å². The highest BCUT2D eigenvalue weighted by Gasteiger charge is 2.84. The summed E-state index contributed by atoms with van der Waals surface area (Å²) in [6, 6.07) is 0. The minimum Gasteiger partial charge on any atom is -0.393 e. The highest BCUT2D eigenvalue weighted by molar-refractivity contribution is 5.32. The van der Waals surface area contributed by atoms with Crippen molar-refractivity contribution in [3.05, 3.63) is 0 Å². The highest BCUT2D eigenvalue weighted by Crippen LogP contribution is 2.89. The molecule has 3 N–H and O–H groups in total. The van der Waals surface area contributed by atoms with E-state index in [2.05, 4.69) is 27.7 Å². The molecular formula is C27H44O4. The molecule has 6 rings (SSSR count). The molecule has 0 amide bonds. The first-order valence-electron chi connectivity index (χ1n) is 13.1. The normalized spacial score (nSPS) is 63.9. The molecule has 11 unspecified atom stereocenters. The lowest BCUT2D eigenvalue weighted by molar-refractivity contribution is -0.192. The smallest absolute Gasteiger partial charge is 0.0889 e. The van der Waals surface area contributed by atoms with Crippen molar-refractivity contribution >= 4 is 0 Å². The van der Waals surface area contributed by atoms with Gasteiger partial charge >= 0.3 is 0 Å². The van der Waals surface area contributed by atoms with Crippen LogP contribution in [0.4, 0.5) is 0 Å². The van der Waals surface area contributed by atoms with Crippen molar-refractivity contribution in [2.75, 3.05) is 6.61 Å². The first kappa shape index (κ1) is 21.4. The van der Waals surface area contributed by atoms with Gasteiger partial charge in [-0.1, -0.05) is 27.7 Å². The van der Waals surface area contributed by atoms with Crippen LogP contribution >= 0.6 is 0 Å². The van der Waals surface area contributed by atoms with Gasteiger partial charge in [0.1, 0.15) is 0 Å². The zero-order chi connectivity index (χ0) is 22.2. The van der Waals surface area contributed by atoms with Crippen molar-refractivity contribution in [3.8, 4) is 0 Å². The molecule has 176 valence electrons. The molecule has 5 saturated carbocycles. The second kappa shape index (κ2) is 5.90. The first-order valence-corrected chi connectivity index (χ1v) is 13.1. The van der Waals surface area contributed by atoms with Crippen molar-refractivity contribution in [3.63, 3.8) is 0 Å². The van der Waals surface area contributed by atoms with Crippen LogP contribution in [0.3, 0.4) is 0 Å². The summed E-state index contributed by atoms with van der Waals surface area (Å²) in [6.07, 6.45) is 9.46. The zero-order valence-corrected chi connectivity index (χ0v) is 20.3. The van der Waals surface area contributed by atoms with Crippen LogP contribution in [0.15, 0.2) is 0 Å². The van der Waals surface area contributed by atoms with E-state index in [1.807, 2.05) is 6.92 Å². The summed E-state index contributed by atoms with van der Waals surface area (Å²) in [4.78, 5) is 0. The summed E-state index contributed by atoms with van der Waals surface area (Å²) in [6.45, 7) is 11.6. The SMILES string of the molecule is CC1(CO)CCC2C(O1)C(O)C1(C)C3CCC4C(C)(C)C(O)CCC45CC35CCC21C. The topological polar surface area (TPSA) is 69.9 Å². The Balaban J connectivity index is 1.39. The molecule has 5 aliphatic carbocycles. The van der Waals surface area contributed by atoms with Crippen molar-refractivity contribution in [2.45, 2.75) is 116 Å². The molecule has 31 heavy (non-hydrogen) atoms. The Morgan fingerprint density at radius 3 is 2.19 bits per heavy atom. The molecule has 2 spiro atoms. The quantitative estimate of drug-likeness (QED) is 0.578. The molecule has 6 fully saturated rings. The molecule has 11 atom stereocenters. The molecular weight excluding hydrogens is 388 g/mol. The van der Waals surface area contributed by atoms with Crippen LogP contribution < -0.4 is 0 Å². The maximum atomic E-state index is 11.9. The van der Waals surface area contributed by atoms with Gasteiger partial charge in [0.2, 0.25) is 0 Å². The molecule has 4 nitrogen and oxygen atoms in total. The third-order valence-electron chi connectivity index (χ3n) is 13.1. The first-order chi connectivity index (χ1) is 14.4. The maximum Gasteiger partial charge on any atom is 0.0889 e. The monoisotopic (exact) mass is 432 g/mol. The summed E-state index contributed by atoms with van der Waals surface area (Å²) in [5, 5.41) is 32.7. The van der Waals surface area contributed by atoms with Gasteiger partial charge < -0.3 is 20.1 Å². The third-order valence-corrected chi connectivity index (χ3v) is 13.1. The van der Waals surface area contributed by atoms with Crippen LogP contribution in [-0.2, 0) is 4.74 Å². The molecule has 1 aliphatic heterocycles. The lowest BCUT2D eigenvalue weighted by Gasteiger charge is -2.63. The van der Waals surface area contributed by atoms with Gasteiger partial charge in [-0.15, -0.1) is 0 Å². The maximum absolute atomic E-state index is 11.9. The van der Waals surface area contributed by atoms with Gasteiger partial charge in [0.05, 0.1) is 30.5 Å². The van der Waals surface area contributed by atoms with E-state index in [9.17, 15) is 15.3 Å². The molecule has 0 aromatic rings. The molecule has 0 bridgehead atoms. The van der Waals surface area contributed by atoms with Gasteiger partial charge in [-0.25, -0.2) is 0 Å². The minimum atomic E-state index is -0.512. The molecule has 0 aromatic carbocycles. The molecule has 1 saturated heterocycles. The van der Waals surface area contributed by atoms with Gasteiger partial charge in [-0.3, -0.25) is 0 Å². The number of fused-ring (bicyclic) bond motifs is 4. The van der Waals surface area contributed by atoms with Crippen molar-refractivity contribution in [2.24, 2.45) is 44.8 Å². The number of aliphatic hydroxyl groups is 3. The second-order valence-electron chi connectivity index (χ2n) is 14.0. The van der Waals surface area contributed by atoms with Crippen LogP contribution in [-0.4, -0.2) is 45.8 Å². The Hall–Kier alpha value is -0.160. The highest BCUT2D eigenvalue weighted by atomic mass is 16.5. The summed E-state index contributed by atoms with van der Waals surface area (Å²) < 4.78 is 6.53. The zero-order valence-electron chi connectivity index (χ0n) is 20.3. The van der Waals surface area contributed by atoms with Crippen LogP contribution in [0.25, 0.3) is 0 Å². The number of ether oxygens (including phenoxy) is 1. The standard InChI is InChI=1S/C27H44O4/c1-22(2)17-6-7-18-25(5)21(30)20-16(8-10-23(3,15-28)31-20)24(25,4)12-13-27(18)14-26(17,27)11-9-19(22)29/h16-21,28-30H,6-15H2,1-5H3. The average molecular weight is 433 g/mol. The summed E-state index contributed by atoms with van der Waals surface area (Å²) in [5.41, 5.74) is 0.206. The molecule has 0 radical (unpaired) electrons. The Kier molecular flexibility index (Phi) is 4.07. The van der Waals surface area contributed by atoms with Crippen LogP contribution in [0.5, 0.6) is 0 Å². The van der Waals surface area contributed by atoms with E-state index in [0.717, 1.165) is 19.3 Å². The fourth-order valence-electron chi connectivity index (χ4n) is 11.1. The fourth-order valence-corrected chi connectivity index (χ4v) is 11.1. The van der Waals surface area contributed by atoms with E-state index in [1.54, 1.807) is 0 Å². The van der Waals surface area contributed by atoms with Crippen LogP contribution in [0, 0.1) is 44.8 Å². The molecule has 1 heterocycles. The number of rotatable bonds is 1. The summed E-state index contributed by atoms with van der Waals surface area (Å²) in [5.74, 6) is 1.55. The third kappa shape index (κ3) is 2.14.